The third-order valence-corrected chi connectivity index (χ3v) is 4.12. The molecule has 0 saturated carbocycles. The van der Waals surface area contributed by atoms with E-state index in [0.717, 1.165) is 11.3 Å². The molecule has 0 bridgehead atoms. The first kappa shape index (κ1) is 15.1. The lowest BCUT2D eigenvalue weighted by Gasteiger charge is -2.19. The molecule has 1 fully saturated rings. The Morgan fingerprint density at radius 3 is 2.91 bits per heavy atom. The van der Waals surface area contributed by atoms with E-state index in [1.54, 1.807) is 16.9 Å². The summed E-state index contributed by atoms with van der Waals surface area (Å²) < 4.78 is 33.9. The summed E-state index contributed by atoms with van der Waals surface area (Å²) in [5.41, 5.74) is 2.43. The summed E-state index contributed by atoms with van der Waals surface area (Å²) in [5, 5.41) is 17.4. The number of halogens is 2. The Hall–Kier alpha value is -1.80. The first-order valence-electron chi connectivity index (χ1n) is 7.07. The monoisotopic (exact) mass is 312 g/mol. The van der Waals surface area contributed by atoms with Crippen LogP contribution in [0.15, 0.2) is 16.8 Å². The summed E-state index contributed by atoms with van der Waals surface area (Å²) in [5.74, 6) is -2.27. The van der Waals surface area contributed by atoms with E-state index in [9.17, 15) is 13.9 Å². The van der Waals surface area contributed by atoms with Crippen LogP contribution in [0.5, 0.6) is 0 Å². The van der Waals surface area contributed by atoms with E-state index in [1.165, 1.54) is 4.90 Å². The van der Waals surface area contributed by atoms with E-state index in [4.69, 9.17) is 4.52 Å². The fourth-order valence-corrected chi connectivity index (χ4v) is 2.79. The predicted octanol–water partition coefficient (Wildman–Crippen LogP) is 1.59. The van der Waals surface area contributed by atoms with Crippen molar-refractivity contribution in [3.8, 4) is 11.3 Å². The number of likely N-dealkylation sites (tertiary alicyclic amines) is 1. The molecule has 2 aromatic rings. The number of aliphatic hydroxyl groups is 1. The molecule has 8 heteroatoms. The summed E-state index contributed by atoms with van der Waals surface area (Å²) in [6.45, 7) is 1.45. The van der Waals surface area contributed by atoms with Crippen LogP contribution in [0.1, 0.15) is 17.9 Å². The highest BCUT2D eigenvalue weighted by atomic mass is 19.3. The van der Waals surface area contributed by atoms with Crippen molar-refractivity contribution in [1.82, 2.24) is 19.8 Å². The minimum absolute atomic E-state index is 0.202. The first-order valence-corrected chi connectivity index (χ1v) is 7.07. The maximum absolute atomic E-state index is 13.5. The van der Waals surface area contributed by atoms with E-state index in [2.05, 4.69) is 10.3 Å². The van der Waals surface area contributed by atoms with Crippen LogP contribution in [0.2, 0.25) is 0 Å². The average molecular weight is 312 g/mol. The topological polar surface area (TPSA) is 67.3 Å². The van der Waals surface area contributed by atoms with Gasteiger partial charge in [0.1, 0.15) is 5.69 Å². The quantitative estimate of drug-likeness (QED) is 0.928. The molecule has 1 saturated heterocycles. The van der Waals surface area contributed by atoms with Gasteiger partial charge in [0.25, 0.3) is 5.92 Å². The Kier molecular flexibility index (Phi) is 3.73. The van der Waals surface area contributed by atoms with Crippen molar-refractivity contribution in [2.75, 3.05) is 13.2 Å². The molecule has 22 heavy (non-hydrogen) atoms. The molecule has 0 aliphatic carbocycles. The van der Waals surface area contributed by atoms with Gasteiger partial charge in [-0.3, -0.25) is 9.58 Å². The Morgan fingerprint density at radius 1 is 1.50 bits per heavy atom. The van der Waals surface area contributed by atoms with Crippen LogP contribution in [0, 0.1) is 6.92 Å². The maximum atomic E-state index is 13.5. The molecule has 1 aliphatic heterocycles. The highest BCUT2D eigenvalue weighted by Gasteiger charge is 2.44. The fourth-order valence-electron chi connectivity index (χ4n) is 2.79. The maximum Gasteiger partial charge on any atom is 0.262 e. The van der Waals surface area contributed by atoms with E-state index < -0.39 is 12.0 Å². The molecule has 3 rings (SSSR count). The van der Waals surface area contributed by atoms with Gasteiger partial charge in [0.05, 0.1) is 25.9 Å². The minimum Gasteiger partial charge on any atom is -0.395 e. The predicted molar refractivity (Wildman–Crippen MR) is 74.3 cm³/mol. The number of rotatable bonds is 4. The molecule has 0 amide bonds. The molecular formula is C14H18F2N4O2. The average Bonchev–Trinajstić information content (AvgIpc) is 3.11. The van der Waals surface area contributed by atoms with Crippen molar-refractivity contribution in [3.63, 3.8) is 0 Å². The smallest absolute Gasteiger partial charge is 0.262 e. The Morgan fingerprint density at radius 2 is 2.27 bits per heavy atom. The summed E-state index contributed by atoms with van der Waals surface area (Å²) in [7, 11) is 1.83. The standard InChI is InChI=1S/C14H18F2N4O2/c1-9-12(5-17-19(9)2)13-3-11(22-18-13)6-20-8-14(15,16)4-10(20)7-21/h3,5,10,21H,4,6-8H2,1-2H3. The third-order valence-electron chi connectivity index (χ3n) is 4.12. The van der Waals surface area contributed by atoms with Gasteiger partial charge in [0.2, 0.25) is 0 Å². The molecule has 0 spiro atoms. The molecule has 0 aromatic carbocycles. The molecule has 3 heterocycles. The summed E-state index contributed by atoms with van der Waals surface area (Å²) >= 11 is 0. The Balaban J connectivity index is 1.76. The molecule has 0 radical (unpaired) electrons. The van der Waals surface area contributed by atoms with Crippen LogP contribution < -0.4 is 0 Å². The second-order valence-electron chi connectivity index (χ2n) is 5.75. The lowest BCUT2D eigenvalue weighted by atomic mass is 10.2. The third kappa shape index (κ3) is 2.76. The fraction of sp³-hybridized carbons (Fsp3) is 0.571. The lowest BCUT2D eigenvalue weighted by molar-refractivity contribution is 0.0106. The highest BCUT2D eigenvalue weighted by Crippen LogP contribution is 2.33. The first-order chi connectivity index (χ1) is 10.4. The number of hydrogen-bond donors (Lipinski definition) is 1. The van der Waals surface area contributed by atoms with Gasteiger partial charge in [-0.25, -0.2) is 8.78 Å². The Labute approximate surface area is 126 Å². The summed E-state index contributed by atoms with van der Waals surface area (Å²) in [4.78, 5) is 1.53. The second kappa shape index (κ2) is 5.44. The number of nitrogens with zero attached hydrogens (tertiary/aromatic N) is 4. The summed E-state index contributed by atoms with van der Waals surface area (Å²) in [6, 6.07) is 1.18. The van der Waals surface area contributed by atoms with Gasteiger partial charge in [0.15, 0.2) is 5.76 Å². The second-order valence-corrected chi connectivity index (χ2v) is 5.75. The van der Waals surface area contributed by atoms with Crippen molar-refractivity contribution < 1.29 is 18.4 Å². The SMILES string of the molecule is Cc1c(-c2cc(CN3CC(F)(F)CC3CO)on2)cnn1C. The molecule has 1 unspecified atom stereocenters. The van der Waals surface area contributed by atoms with Crippen LogP contribution >= 0.6 is 0 Å². The summed E-state index contributed by atoms with van der Waals surface area (Å²) in [6.07, 6.45) is 1.36. The Bertz CT molecular complexity index is 668. The van der Waals surface area contributed by atoms with Crippen molar-refractivity contribution in [3.05, 3.63) is 23.7 Å². The van der Waals surface area contributed by atoms with Crippen molar-refractivity contribution in [1.29, 1.82) is 0 Å². The van der Waals surface area contributed by atoms with Crippen molar-refractivity contribution in [2.24, 2.45) is 7.05 Å². The number of alkyl halides is 2. The van der Waals surface area contributed by atoms with Gasteiger partial charge in [0, 0.05) is 36.8 Å². The number of hydrogen-bond acceptors (Lipinski definition) is 5. The zero-order valence-electron chi connectivity index (χ0n) is 12.5. The molecule has 2 aromatic heterocycles. The van der Waals surface area contributed by atoms with Crippen LogP contribution in [-0.2, 0) is 13.6 Å². The van der Waals surface area contributed by atoms with Crippen molar-refractivity contribution in [2.45, 2.75) is 31.9 Å². The highest BCUT2D eigenvalue weighted by molar-refractivity contribution is 5.60. The minimum atomic E-state index is -2.77. The van der Waals surface area contributed by atoms with E-state index >= 15 is 0 Å². The molecule has 6 nitrogen and oxygen atoms in total. The van der Waals surface area contributed by atoms with Gasteiger partial charge >= 0.3 is 0 Å². The normalized spacial score (nSPS) is 21.6. The zero-order chi connectivity index (χ0) is 15.9. The van der Waals surface area contributed by atoms with Gasteiger partial charge in [-0.05, 0) is 6.92 Å². The van der Waals surface area contributed by atoms with Gasteiger partial charge in [-0.1, -0.05) is 5.16 Å². The van der Waals surface area contributed by atoms with Gasteiger partial charge < -0.3 is 9.63 Å². The molecule has 1 aliphatic rings. The number of aromatic nitrogens is 3. The molecule has 1 N–H and O–H groups in total. The molecule has 1 atom stereocenters. The lowest BCUT2D eigenvalue weighted by Crippen LogP contribution is -2.32. The molecule has 120 valence electrons. The number of aliphatic hydroxyl groups excluding tert-OH is 1. The molecular weight excluding hydrogens is 294 g/mol. The van der Waals surface area contributed by atoms with Crippen LogP contribution in [0.25, 0.3) is 11.3 Å². The zero-order valence-corrected chi connectivity index (χ0v) is 12.5. The van der Waals surface area contributed by atoms with Crippen LogP contribution in [0.3, 0.4) is 0 Å². The van der Waals surface area contributed by atoms with E-state index in [0.29, 0.717) is 11.5 Å². The van der Waals surface area contributed by atoms with Crippen molar-refractivity contribution >= 4 is 0 Å². The van der Waals surface area contributed by atoms with E-state index in [-0.39, 0.29) is 26.1 Å². The van der Waals surface area contributed by atoms with Gasteiger partial charge in [-0.2, -0.15) is 5.10 Å². The van der Waals surface area contributed by atoms with Gasteiger partial charge in [-0.15, -0.1) is 0 Å². The number of aryl methyl sites for hydroxylation is 1. The largest absolute Gasteiger partial charge is 0.395 e. The van der Waals surface area contributed by atoms with Crippen LogP contribution in [0.4, 0.5) is 8.78 Å². The van der Waals surface area contributed by atoms with E-state index in [1.807, 2.05) is 14.0 Å². The van der Waals surface area contributed by atoms with Crippen LogP contribution in [-0.4, -0.2) is 50.1 Å².